The molecule has 2 N–H and O–H groups in total. The molecule has 35 heavy (non-hydrogen) atoms. The van der Waals surface area contributed by atoms with Gasteiger partial charge >= 0.3 is 0 Å². The molecule has 14 heteroatoms. The lowest BCUT2D eigenvalue weighted by Crippen LogP contribution is -2.32. The summed E-state index contributed by atoms with van der Waals surface area (Å²) in [5, 5.41) is 6.98. The summed E-state index contributed by atoms with van der Waals surface area (Å²) in [6, 6.07) is 4.81. The average molecular weight is 504 g/mol. The summed E-state index contributed by atoms with van der Waals surface area (Å²) in [5.41, 5.74) is -0.625. The molecule has 0 spiro atoms. The molecular weight excluding hydrogens is 481 g/mol. The monoisotopic (exact) mass is 503 g/mol. The highest BCUT2D eigenvalue weighted by molar-refractivity contribution is 7.93. The third kappa shape index (κ3) is 4.64. The number of anilines is 1. The van der Waals surface area contributed by atoms with Crippen molar-refractivity contribution in [3.8, 4) is 23.0 Å². The van der Waals surface area contributed by atoms with Crippen LogP contribution in [0.2, 0.25) is 0 Å². The van der Waals surface area contributed by atoms with Crippen LogP contribution in [0.5, 0.6) is 5.75 Å². The molecule has 0 radical (unpaired) electrons. The maximum absolute atomic E-state index is 13.3. The van der Waals surface area contributed by atoms with Crippen molar-refractivity contribution < 1.29 is 22.0 Å². The van der Waals surface area contributed by atoms with E-state index in [-0.39, 0.29) is 34.8 Å². The van der Waals surface area contributed by atoms with E-state index in [4.69, 9.17) is 9.15 Å². The average Bonchev–Trinajstić information content (AvgIpc) is 3.43. The molecule has 4 aromatic rings. The fourth-order valence-electron chi connectivity index (χ4n) is 3.36. The summed E-state index contributed by atoms with van der Waals surface area (Å²) in [4.78, 5) is 23.1. The number of halogens is 1. The predicted molar refractivity (Wildman–Crippen MR) is 123 cm³/mol. The molecule has 0 aromatic carbocycles. The number of nitrogens with one attached hydrogen (secondary N) is 2. The molecule has 2 atom stereocenters. The molecule has 0 saturated carbocycles. The number of methoxy groups -OCH3 is 1. The van der Waals surface area contributed by atoms with Crippen molar-refractivity contribution in [2.75, 3.05) is 11.8 Å². The van der Waals surface area contributed by atoms with Gasteiger partial charge in [0.25, 0.3) is 5.56 Å². The highest BCUT2D eigenvalue weighted by Crippen LogP contribution is 2.31. The highest BCUT2D eigenvalue weighted by atomic mass is 32.2. The first-order chi connectivity index (χ1) is 16.6. The number of nitrogens with zero attached hydrogens (tertiary/aromatic N) is 5. The number of ether oxygens (including phenoxy) is 1. The Balaban J connectivity index is 1.80. The topological polar surface area (TPSA) is 158 Å². The lowest BCUT2D eigenvalue weighted by molar-refractivity contribution is 0.411. The lowest BCUT2D eigenvalue weighted by Gasteiger charge is -2.20. The first-order valence-electron chi connectivity index (χ1n) is 10.4. The van der Waals surface area contributed by atoms with Crippen LogP contribution >= 0.6 is 0 Å². The van der Waals surface area contributed by atoms with Crippen LogP contribution in [0.1, 0.15) is 31.4 Å². The van der Waals surface area contributed by atoms with Crippen LogP contribution in [0, 0.1) is 12.7 Å². The normalized spacial score (nSPS) is 13.4. The first kappa shape index (κ1) is 24.1. The Morgan fingerprint density at radius 2 is 1.89 bits per heavy atom. The van der Waals surface area contributed by atoms with E-state index >= 15 is 0 Å². The molecule has 0 aliphatic rings. The van der Waals surface area contributed by atoms with Gasteiger partial charge in [0.2, 0.25) is 21.8 Å². The van der Waals surface area contributed by atoms with Crippen LogP contribution in [-0.4, -0.2) is 50.5 Å². The molecule has 4 heterocycles. The van der Waals surface area contributed by atoms with Crippen molar-refractivity contribution in [3.05, 3.63) is 64.5 Å². The summed E-state index contributed by atoms with van der Waals surface area (Å²) in [5.74, 6) is -0.384. The molecule has 0 aliphatic carbocycles. The second-order valence-electron chi connectivity index (χ2n) is 7.72. The summed E-state index contributed by atoms with van der Waals surface area (Å²) in [7, 11) is -2.76. The van der Waals surface area contributed by atoms with Gasteiger partial charge < -0.3 is 14.1 Å². The van der Waals surface area contributed by atoms with Gasteiger partial charge in [-0.2, -0.15) is 0 Å². The van der Waals surface area contributed by atoms with Crippen molar-refractivity contribution in [1.82, 2.24) is 29.7 Å². The van der Waals surface area contributed by atoms with Crippen LogP contribution in [0.4, 0.5) is 10.3 Å². The lowest BCUT2D eigenvalue weighted by atomic mass is 10.1. The minimum Gasteiger partial charge on any atom is -0.494 e. The number of rotatable bonds is 8. The molecule has 4 aromatic heterocycles. The third-order valence-corrected chi connectivity index (χ3v) is 7.29. The van der Waals surface area contributed by atoms with Crippen LogP contribution in [0.3, 0.4) is 0 Å². The van der Waals surface area contributed by atoms with E-state index in [1.54, 1.807) is 26.0 Å². The number of aromatic nitrogens is 6. The van der Waals surface area contributed by atoms with E-state index in [0.29, 0.717) is 5.76 Å². The largest absolute Gasteiger partial charge is 0.494 e. The number of aromatic amines is 1. The van der Waals surface area contributed by atoms with Crippen LogP contribution in [0.15, 0.2) is 46.0 Å². The summed E-state index contributed by atoms with van der Waals surface area (Å²) in [6.45, 7) is 4.78. The molecule has 0 bridgehead atoms. The smallest absolute Gasteiger partial charge is 0.276 e. The van der Waals surface area contributed by atoms with Gasteiger partial charge in [0, 0.05) is 12.1 Å². The maximum Gasteiger partial charge on any atom is 0.276 e. The Morgan fingerprint density at radius 3 is 2.51 bits per heavy atom. The Bertz CT molecular complexity index is 1510. The molecule has 184 valence electrons. The minimum atomic E-state index is -4.13. The Morgan fingerprint density at radius 1 is 1.17 bits per heavy atom. The Kier molecular flexibility index (Phi) is 6.39. The van der Waals surface area contributed by atoms with Crippen LogP contribution in [0.25, 0.3) is 17.3 Å². The standard InChI is InChI=1S/C21H22FN7O5S/c1-11-5-6-16(34-11)19-26-27-21(29(19)17-15(33-4)7-8-23-20(17)30)28-35(31,32)13(3)12(2)18-24-9-14(22)10-25-18/h5-10,12-13H,1-4H3,(H,23,30)(H,27,28). The van der Waals surface area contributed by atoms with E-state index in [1.807, 2.05) is 0 Å². The van der Waals surface area contributed by atoms with Crippen molar-refractivity contribution in [2.45, 2.75) is 31.9 Å². The van der Waals surface area contributed by atoms with Crippen molar-refractivity contribution in [1.29, 1.82) is 0 Å². The van der Waals surface area contributed by atoms with Crippen LogP contribution < -0.4 is 15.0 Å². The second kappa shape index (κ2) is 9.29. The van der Waals surface area contributed by atoms with Gasteiger partial charge in [-0.1, -0.05) is 6.92 Å². The maximum atomic E-state index is 13.3. The third-order valence-electron chi connectivity index (χ3n) is 5.44. The zero-order chi connectivity index (χ0) is 25.3. The molecule has 4 rings (SSSR count). The molecule has 0 fully saturated rings. The zero-order valence-electron chi connectivity index (χ0n) is 19.2. The van der Waals surface area contributed by atoms with Crippen LogP contribution in [-0.2, 0) is 10.0 Å². The van der Waals surface area contributed by atoms with E-state index < -0.39 is 32.6 Å². The number of aryl methyl sites for hydroxylation is 1. The van der Waals surface area contributed by atoms with Gasteiger partial charge in [-0.15, -0.1) is 10.2 Å². The van der Waals surface area contributed by atoms with Gasteiger partial charge in [-0.05, 0) is 32.0 Å². The highest BCUT2D eigenvalue weighted by Gasteiger charge is 2.32. The number of furan rings is 1. The summed E-state index contributed by atoms with van der Waals surface area (Å²) < 4.78 is 54.4. The summed E-state index contributed by atoms with van der Waals surface area (Å²) in [6.07, 6.45) is 3.32. The van der Waals surface area contributed by atoms with Crippen molar-refractivity contribution in [2.24, 2.45) is 0 Å². The number of sulfonamides is 1. The summed E-state index contributed by atoms with van der Waals surface area (Å²) >= 11 is 0. The predicted octanol–water partition coefficient (Wildman–Crippen LogP) is 2.40. The van der Waals surface area contributed by atoms with Gasteiger partial charge in [-0.25, -0.2) is 27.3 Å². The number of H-pyrrole nitrogens is 1. The Labute approximate surface area is 199 Å². The van der Waals surface area contributed by atoms with Gasteiger partial charge in [0.15, 0.2) is 17.3 Å². The molecule has 0 aliphatic heterocycles. The van der Waals surface area contributed by atoms with E-state index in [0.717, 1.165) is 12.4 Å². The second-order valence-corrected chi connectivity index (χ2v) is 9.75. The quantitative estimate of drug-likeness (QED) is 0.368. The van der Waals surface area contributed by atoms with E-state index in [2.05, 4.69) is 29.9 Å². The number of pyridine rings is 1. The molecular formula is C21H22FN7O5S. The first-order valence-corrected chi connectivity index (χ1v) is 11.9. The Hall–Kier alpha value is -4.07. The SMILES string of the molecule is COc1cc[nH]c(=O)c1-n1c(NS(=O)(=O)C(C)C(C)c2ncc(F)cn2)nnc1-c1ccc(C)o1. The molecule has 12 nitrogen and oxygen atoms in total. The van der Waals surface area contributed by atoms with Gasteiger partial charge in [0.1, 0.15) is 17.3 Å². The van der Waals surface area contributed by atoms with Gasteiger partial charge in [-0.3, -0.25) is 9.52 Å². The van der Waals surface area contributed by atoms with Crippen molar-refractivity contribution in [3.63, 3.8) is 0 Å². The van der Waals surface area contributed by atoms with Crippen molar-refractivity contribution >= 4 is 16.0 Å². The van der Waals surface area contributed by atoms with E-state index in [1.165, 1.54) is 30.9 Å². The fraction of sp³-hybridized carbons (Fsp3) is 0.286. The molecule has 0 saturated heterocycles. The number of hydrogen-bond acceptors (Lipinski definition) is 9. The molecule has 2 unspecified atom stereocenters. The van der Waals surface area contributed by atoms with E-state index in [9.17, 15) is 17.6 Å². The minimum absolute atomic E-state index is 0.0516. The number of hydrogen-bond donors (Lipinski definition) is 2. The zero-order valence-corrected chi connectivity index (χ0v) is 20.0. The van der Waals surface area contributed by atoms with Gasteiger partial charge in [0.05, 0.1) is 24.8 Å². The molecule has 0 amide bonds. The fourth-order valence-corrected chi connectivity index (χ4v) is 4.59.